The molecule has 0 N–H and O–H groups in total. The summed E-state index contributed by atoms with van der Waals surface area (Å²) in [6.45, 7) is 0.512. The monoisotopic (exact) mass is 387 g/mol. The first-order valence-corrected chi connectivity index (χ1v) is 8.91. The number of fused-ring (bicyclic) bond motifs is 2. The van der Waals surface area contributed by atoms with Crippen LogP contribution in [0.15, 0.2) is 42.9 Å². The number of aromatic nitrogens is 5. The zero-order valence-corrected chi connectivity index (χ0v) is 15.4. The van der Waals surface area contributed by atoms with E-state index in [1.807, 2.05) is 6.07 Å². The van der Waals surface area contributed by atoms with E-state index in [1.54, 1.807) is 53.1 Å². The quantitative estimate of drug-likeness (QED) is 0.534. The van der Waals surface area contributed by atoms with Gasteiger partial charge in [-0.2, -0.15) is 15.5 Å². The van der Waals surface area contributed by atoms with Crippen LogP contribution in [0.2, 0.25) is 0 Å². The molecule has 4 aromatic rings. The molecule has 0 saturated carbocycles. The Hall–Kier alpha value is -4.06. The molecule has 1 aromatic carbocycles. The predicted molar refractivity (Wildman–Crippen MR) is 102 cm³/mol. The molecule has 0 bridgehead atoms. The van der Waals surface area contributed by atoms with Crippen LogP contribution in [-0.2, 0) is 6.42 Å². The highest BCUT2D eigenvalue weighted by Gasteiger charge is 2.25. The predicted octanol–water partition coefficient (Wildman–Crippen LogP) is 2.90. The maximum Gasteiger partial charge on any atom is 0.215 e. The normalized spacial score (nSPS) is 12.4. The number of hydrogen-bond acceptors (Lipinski definition) is 7. The van der Waals surface area contributed by atoms with Crippen LogP contribution in [0.5, 0.6) is 5.75 Å². The van der Waals surface area contributed by atoms with Gasteiger partial charge in [0.15, 0.2) is 11.3 Å². The molecule has 8 nitrogen and oxygen atoms in total. The van der Waals surface area contributed by atoms with Gasteiger partial charge < -0.3 is 9.64 Å². The Morgan fingerprint density at radius 1 is 1.31 bits per heavy atom. The summed E-state index contributed by atoms with van der Waals surface area (Å²) in [4.78, 5) is 10.6. The summed E-state index contributed by atoms with van der Waals surface area (Å²) in [6, 6.07) is 8.62. The van der Waals surface area contributed by atoms with Gasteiger partial charge in [-0.3, -0.25) is 4.40 Å². The number of hydrogen-bond donors (Lipinski definition) is 0. The van der Waals surface area contributed by atoms with Gasteiger partial charge in [-0.15, -0.1) is 0 Å². The van der Waals surface area contributed by atoms with Crippen molar-refractivity contribution in [2.24, 2.45) is 0 Å². The van der Waals surface area contributed by atoms with Gasteiger partial charge >= 0.3 is 0 Å². The number of nitrogens with zero attached hydrogens (tertiary/aromatic N) is 7. The lowest BCUT2D eigenvalue weighted by molar-refractivity contribution is 0.356. The fourth-order valence-electron chi connectivity index (χ4n) is 3.58. The fraction of sp³-hybridized carbons (Fsp3) is 0.150. The smallest absolute Gasteiger partial charge is 0.215 e. The number of ether oxygens (including phenoxy) is 1. The molecule has 9 heteroatoms. The maximum absolute atomic E-state index is 14.8. The molecule has 0 unspecified atom stereocenters. The molecule has 4 heterocycles. The van der Waals surface area contributed by atoms with Crippen molar-refractivity contribution < 1.29 is 9.13 Å². The van der Waals surface area contributed by atoms with E-state index in [2.05, 4.69) is 20.2 Å². The molecule has 0 amide bonds. The zero-order chi connectivity index (χ0) is 20.0. The largest absolute Gasteiger partial charge is 0.493 e. The third-order valence-electron chi connectivity index (χ3n) is 4.87. The van der Waals surface area contributed by atoms with Crippen molar-refractivity contribution in [1.29, 1.82) is 5.26 Å². The molecule has 142 valence electrons. The van der Waals surface area contributed by atoms with Crippen LogP contribution in [-0.4, -0.2) is 38.2 Å². The van der Waals surface area contributed by atoms with E-state index in [4.69, 9.17) is 4.74 Å². The summed E-state index contributed by atoms with van der Waals surface area (Å²) >= 11 is 0. The van der Waals surface area contributed by atoms with Gasteiger partial charge in [-0.25, -0.2) is 14.4 Å². The molecule has 1 aliphatic heterocycles. The Morgan fingerprint density at radius 3 is 3.00 bits per heavy atom. The van der Waals surface area contributed by atoms with Gasteiger partial charge in [0.2, 0.25) is 5.95 Å². The van der Waals surface area contributed by atoms with E-state index in [0.717, 1.165) is 5.56 Å². The number of nitriles is 1. The Morgan fingerprint density at radius 2 is 2.21 bits per heavy atom. The Bertz CT molecular complexity index is 1280. The molecule has 0 fully saturated rings. The molecule has 5 rings (SSSR count). The molecule has 1 aliphatic rings. The second-order valence-electron chi connectivity index (χ2n) is 6.54. The number of anilines is 2. The summed E-state index contributed by atoms with van der Waals surface area (Å²) in [5.74, 6) is 0.718. The molecule has 29 heavy (non-hydrogen) atoms. The molecule has 0 spiro atoms. The van der Waals surface area contributed by atoms with E-state index in [-0.39, 0.29) is 11.5 Å². The van der Waals surface area contributed by atoms with Crippen molar-refractivity contribution in [1.82, 2.24) is 24.6 Å². The van der Waals surface area contributed by atoms with Crippen LogP contribution in [0, 0.1) is 17.1 Å². The van der Waals surface area contributed by atoms with Gasteiger partial charge in [-0.05, 0) is 24.3 Å². The summed E-state index contributed by atoms with van der Waals surface area (Å²) in [6.07, 6.45) is 5.37. The van der Waals surface area contributed by atoms with Gasteiger partial charge in [0.25, 0.3) is 0 Å². The molecular formula is C20H14FN7O. The molecule has 0 atom stereocenters. The van der Waals surface area contributed by atoms with E-state index in [1.165, 1.54) is 6.07 Å². The van der Waals surface area contributed by atoms with E-state index in [0.29, 0.717) is 47.3 Å². The Kier molecular flexibility index (Phi) is 3.84. The third-order valence-corrected chi connectivity index (χ3v) is 4.87. The van der Waals surface area contributed by atoms with E-state index < -0.39 is 0 Å². The average molecular weight is 387 g/mol. The lowest BCUT2D eigenvalue weighted by atomic mass is 10.1. The van der Waals surface area contributed by atoms with Gasteiger partial charge in [0.05, 0.1) is 29.7 Å². The van der Waals surface area contributed by atoms with Crippen molar-refractivity contribution >= 4 is 17.3 Å². The number of imidazole rings is 1. The summed E-state index contributed by atoms with van der Waals surface area (Å²) < 4.78 is 22.0. The first kappa shape index (κ1) is 17.1. The van der Waals surface area contributed by atoms with Crippen molar-refractivity contribution in [3.8, 4) is 23.1 Å². The highest BCUT2D eigenvalue weighted by atomic mass is 19.1. The second kappa shape index (κ2) is 6.53. The summed E-state index contributed by atoms with van der Waals surface area (Å²) in [7, 11) is 1.73. The van der Waals surface area contributed by atoms with Crippen LogP contribution in [0.3, 0.4) is 0 Å². The lowest BCUT2D eigenvalue weighted by Crippen LogP contribution is -2.18. The minimum Gasteiger partial charge on any atom is -0.493 e. The number of rotatable bonds is 3. The molecule has 0 aliphatic carbocycles. The minimum absolute atomic E-state index is 0.222. The van der Waals surface area contributed by atoms with Crippen LogP contribution in [0.1, 0.15) is 11.3 Å². The van der Waals surface area contributed by atoms with Crippen molar-refractivity contribution in [3.63, 3.8) is 0 Å². The highest BCUT2D eigenvalue weighted by Crippen LogP contribution is 2.38. The maximum atomic E-state index is 14.8. The second-order valence-corrected chi connectivity index (χ2v) is 6.54. The SMILES string of the molecule is CN(c1c(F)ccc2c1CCO2)c1ncc(-c2cccnn2)c2nc(C#N)cn12. The van der Waals surface area contributed by atoms with Crippen LogP contribution >= 0.6 is 0 Å². The molecule has 0 saturated heterocycles. The Balaban J connectivity index is 1.72. The highest BCUT2D eigenvalue weighted by molar-refractivity contribution is 5.77. The Labute approximate surface area is 164 Å². The van der Waals surface area contributed by atoms with Crippen LogP contribution < -0.4 is 9.64 Å². The van der Waals surface area contributed by atoms with Crippen molar-refractivity contribution in [3.05, 3.63) is 59.9 Å². The topological polar surface area (TPSA) is 92.2 Å². The van der Waals surface area contributed by atoms with Crippen molar-refractivity contribution in [2.45, 2.75) is 6.42 Å². The van der Waals surface area contributed by atoms with E-state index in [9.17, 15) is 9.65 Å². The molecular weight excluding hydrogens is 373 g/mol. The first-order chi connectivity index (χ1) is 14.2. The van der Waals surface area contributed by atoms with Gasteiger partial charge in [0.1, 0.15) is 17.6 Å². The fourth-order valence-corrected chi connectivity index (χ4v) is 3.58. The van der Waals surface area contributed by atoms with E-state index >= 15 is 0 Å². The number of benzene rings is 1. The molecule has 3 aromatic heterocycles. The summed E-state index contributed by atoms with van der Waals surface area (Å²) in [5, 5.41) is 17.4. The standard InChI is InChI=1S/C20H14FN7O/c1-27(18-13-6-8-29-17(13)5-4-15(18)21)20-23-10-14(16-3-2-7-24-26-16)19-25-12(9-22)11-28(19)20/h2-5,7,10-11H,6,8H2,1H3. The zero-order valence-electron chi connectivity index (χ0n) is 15.4. The van der Waals surface area contributed by atoms with Crippen LogP contribution in [0.25, 0.3) is 16.9 Å². The summed E-state index contributed by atoms with van der Waals surface area (Å²) in [5.41, 5.74) is 3.10. The lowest BCUT2D eigenvalue weighted by Gasteiger charge is -2.22. The van der Waals surface area contributed by atoms with Gasteiger partial charge in [-0.1, -0.05) is 0 Å². The van der Waals surface area contributed by atoms with Crippen molar-refractivity contribution in [2.75, 3.05) is 18.6 Å². The third kappa shape index (κ3) is 2.65. The first-order valence-electron chi connectivity index (χ1n) is 8.91. The number of halogens is 1. The van der Waals surface area contributed by atoms with Crippen LogP contribution in [0.4, 0.5) is 16.0 Å². The van der Waals surface area contributed by atoms with Gasteiger partial charge in [0, 0.05) is 31.4 Å². The molecule has 0 radical (unpaired) electrons. The average Bonchev–Trinajstić information content (AvgIpc) is 3.40. The minimum atomic E-state index is -0.370.